The fraction of sp³-hybridized carbons (Fsp3) is 0.500. The molecule has 6 nitrogen and oxygen atoms in total. The summed E-state index contributed by atoms with van der Waals surface area (Å²) in [6.07, 6.45) is 4.74. The number of rotatable bonds is 3. The minimum Gasteiger partial charge on any atom is -0.370 e. The van der Waals surface area contributed by atoms with Gasteiger partial charge in [-0.2, -0.15) is 0 Å². The van der Waals surface area contributed by atoms with Gasteiger partial charge in [-0.25, -0.2) is 18.5 Å². The van der Waals surface area contributed by atoms with E-state index in [-0.39, 0.29) is 28.9 Å². The van der Waals surface area contributed by atoms with Crippen LogP contribution >= 0.6 is 24.0 Å². The van der Waals surface area contributed by atoms with Crippen LogP contribution in [-0.4, -0.2) is 32.4 Å². The molecule has 0 radical (unpaired) electrons. The molecule has 0 spiro atoms. The Balaban J connectivity index is 0.00000242. The highest BCUT2D eigenvalue weighted by Crippen LogP contribution is 2.12. The Labute approximate surface area is 149 Å². The van der Waals surface area contributed by atoms with Crippen molar-refractivity contribution in [2.75, 3.05) is 13.1 Å². The summed E-state index contributed by atoms with van der Waals surface area (Å²) in [4.78, 5) is 6.56. The molecule has 1 aromatic rings. The maximum Gasteiger partial charge on any atom is 0.238 e. The van der Waals surface area contributed by atoms with Gasteiger partial charge in [0.2, 0.25) is 10.0 Å². The summed E-state index contributed by atoms with van der Waals surface area (Å²) in [6.45, 7) is 2.23. The molecule has 1 aliphatic rings. The summed E-state index contributed by atoms with van der Waals surface area (Å²) in [5.41, 5.74) is 6.80. The molecule has 8 heteroatoms. The quantitative estimate of drug-likeness (QED) is 0.426. The van der Waals surface area contributed by atoms with Gasteiger partial charge < -0.3 is 10.6 Å². The van der Waals surface area contributed by atoms with Crippen LogP contribution in [0.2, 0.25) is 0 Å². The lowest BCUT2D eigenvalue weighted by Gasteiger charge is -2.21. The lowest BCUT2D eigenvalue weighted by Crippen LogP contribution is -2.38. The number of hydrogen-bond acceptors (Lipinski definition) is 3. The molecule has 0 aliphatic carbocycles. The van der Waals surface area contributed by atoms with Gasteiger partial charge in [0.1, 0.15) is 0 Å². The SMILES string of the molecule is I.NC(=NCc1cccc(S(N)(=O)=O)c1)N1CCCCCC1. The van der Waals surface area contributed by atoms with E-state index in [9.17, 15) is 8.42 Å². The van der Waals surface area contributed by atoms with Gasteiger partial charge >= 0.3 is 0 Å². The Kier molecular flexibility index (Phi) is 7.57. The molecule has 2 rings (SSSR count). The molecule has 1 saturated heterocycles. The van der Waals surface area contributed by atoms with Crippen LogP contribution in [0.25, 0.3) is 0 Å². The molecular weight excluding hydrogens is 415 g/mol. The number of benzene rings is 1. The zero-order chi connectivity index (χ0) is 15.3. The first-order valence-corrected chi connectivity index (χ1v) is 8.68. The Morgan fingerprint density at radius 1 is 1.18 bits per heavy atom. The summed E-state index contributed by atoms with van der Waals surface area (Å²) >= 11 is 0. The number of guanidine groups is 1. The van der Waals surface area contributed by atoms with E-state index in [4.69, 9.17) is 10.9 Å². The van der Waals surface area contributed by atoms with Gasteiger partial charge in [-0.15, -0.1) is 24.0 Å². The van der Waals surface area contributed by atoms with Crippen LogP contribution in [0.5, 0.6) is 0 Å². The molecule has 124 valence electrons. The van der Waals surface area contributed by atoms with Crippen molar-refractivity contribution < 1.29 is 8.42 Å². The third-order valence-corrected chi connectivity index (χ3v) is 4.49. The largest absolute Gasteiger partial charge is 0.370 e. The molecule has 0 aromatic heterocycles. The standard InChI is InChI=1S/C14H22N4O2S.HI/c15-14(18-8-3-1-2-4-9-18)17-11-12-6-5-7-13(10-12)21(16,19)20;/h5-7,10H,1-4,8-9,11H2,(H2,15,17)(H2,16,19,20);1H. The van der Waals surface area contributed by atoms with Crippen LogP contribution in [0.1, 0.15) is 31.2 Å². The molecule has 1 aliphatic heterocycles. The van der Waals surface area contributed by atoms with E-state index in [0.29, 0.717) is 12.5 Å². The van der Waals surface area contributed by atoms with E-state index in [1.54, 1.807) is 6.07 Å². The number of halogens is 1. The highest BCUT2D eigenvalue weighted by atomic mass is 127. The first kappa shape index (κ1) is 19.2. The smallest absolute Gasteiger partial charge is 0.238 e. The molecule has 1 heterocycles. The Morgan fingerprint density at radius 2 is 1.82 bits per heavy atom. The highest BCUT2D eigenvalue weighted by Gasteiger charge is 2.11. The molecule has 4 N–H and O–H groups in total. The van der Waals surface area contributed by atoms with Crippen molar-refractivity contribution in [2.45, 2.75) is 37.1 Å². The minimum absolute atomic E-state index is 0. The molecule has 0 bridgehead atoms. The van der Waals surface area contributed by atoms with Gasteiger partial charge in [-0.3, -0.25) is 0 Å². The van der Waals surface area contributed by atoms with Gasteiger partial charge in [-0.05, 0) is 30.5 Å². The number of aliphatic imine (C=N–C) groups is 1. The Morgan fingerprint density at radius 3 is 2.41 bits per heavy atom. The zero-order valence-corrected chi connectivity index (χ0v) is 15.6. The number of nitrogens with zero attached hydrogens (tertiary/aromatic N) is 2. The van der Waals surface area contributed by atoms with Crippen molar-refractivity contribution in [3.05, 3.63) is 29.8 Å². The Bertz CT molecular complexity index is 611. The monoisotopic (exact) mass is 438 g/mol. The topological polar surface area (TPSA) is 102 Å². The van der Waals surface area contributed by atoms with Crippen LogP contribution in [0.3, 0.4) is 0 Å². The first-order chi connectivity index (χ1) is 9.97. The van der Waals surface area contributed by atoms with Gasteiger partial charge in [0, 0.05) is 13.1 Å². The van der Waals surface area contributed by atoms with Crippen molar-refractivity contribution in [1.29, 1.82) is 0 Å². The second-order valence-corrected chi connectivity index (χ2v) is 6.83. The molecule has 1 aromatic carbocycles. The maximum atomic E-state index is 11.3. The van der Waals surface area contributed by atoms with Gasteiger partial charge in [0.25, 0.3) is 0 Å². The fourth-order valence-corrected chi connectivity index (χ4v) is 2.98. The summed E-state index contributed by atoms with van der Waals surface area (Å²) in [5.74, 6) is 0.526. The summed E-state index contributed by atoms with van der Waals surface area (Å²) in [6, 6.07) is 6.48. The minimum atomic E-state index is -3.68. The van der Waals surface area contributed by atoms with Crippen molar-refractivity contribution >= 4 is 40.0 Å². The highest BCUT2D eigenvalue weighted by molar-refractivity contribution is 14.0. The predicted molar refractivity (Wildman–Crippen MR) is 98.6 cm³/mol. The van der Waals surface area contributed by atoms with Crippen LogP contribution in [0.15, 0.2) is 34.2 Å². The second kappa shape index (κ2) is 8.68. The Hall–Kier alpha value is -0.870. The lowest BCUT2D eigenvalue weighted by molar-refractivity contribution is 0.428. The number of likely N-dealkylation sites (tertiary alicyclic amines) is 1. The molecule has 22 heavy (non-hydrogen) atoms. The normalized spacial score (nSPS) is 16.8. The van der Waals surface area contributed by atoms with Crippen LogP contribution in [-0.2, 0) is 16.6 Å². The second-order valence-electron chi connectivity index (χ2n) is 5.27. The number of nitrogens with two attached hydrogens (primary N) is 2. The van der Waals surface area contributed by atoms with Gasteiger partial charge in [-0.1, -0.05) is 25.0 Å². The average Bonchev–Trinajstić information content (AvgIpc) is 2.73. The van der Waals surface area contributed by atoms with E-state index in [2.05, 4.69) is 9.89 Å². The van der Waals surface area contributed by atoms with Gasteiger partial charge in [0.05, 0.1) is 11.4 Å². The third kappa shape index (κ3) is 5.73. The molecule has 0 saturated carbocycles. The number of sulfonamides is 1. The van der Waals surface area contributed by atoms with Crippen LogP contribution < -0.4 is 10.9 Å². The number of hydrogen-bond donors (Lipinski definition) is 2. The van der Waals surface area contributed by atoms with Crippen molar-refractivity contribution in [3.63, 3.8) is 0 Å². The average molecular weight is 438 g/mol. The summed E-state index contributed by atoms with van der Waals surface area (Å²) in [7, 11) is -3.68. The molecule has 0 amide bonds. The van der Waals surface area contributed by atoms with Crippen molar-refractivity contribution in [1.82, 2.24) is 4.90 Å². The van der Waals surface area contributed by atoms with E-state index >= 15 is 0 Å². The molecular formula is C14H23IN4O2S. The summed E-state index contributed by atoms with van der Waals surface area (Å²) < 4.78 is 22.6. The third-order valence-electron chi connectivity index (χ3n) is 3.58. The summed E-state index contributed by atoms with van der Waals surface area (Å²) in [5, 5.41) is 5.12. The lowest BCUT2D eigenvalue weighted by atomic mass is 10.2. The fourth-order valence-electron chi connectivity index (χ4n) is 2.39. The van der Waals surface area contributed by atoms with Crippen molar-refractivity contribution in [2.24, 2.45) is 15.9 Å². The predicted octanol–water partition coefficient (Wildman–Crippen LogP) is 1.64. The molecule has 0 unspecified atom stereocenters. The molecule has 1 fully saturated rings. The maximum absolute atomic E-state index is 11.3. The first-order valence-electron chi connectivity index (χ1n) is 7.13. The van der Waals surface area contributed by atoms with Crippen LogP contribution in [0.4, 0.5) is 0 Å². The van der Waals surface area contributed by atoms with E-state index in [1.807, 2.05) is 6.07 Å². The zero-order valence-electron chi connectivity index (χ0n) is 12.4. The van der Waals surface area contributed by atoms with Crippen LogP contribution in [0, 0.1) is 0 Å². The van der Waals surface area contributed by atoms with Gasteiger partial charge in [0.15, 0.2) is 5.96 Å². The number of primary sulfonamides is 1. The molecule has 0 atom stereocenters. The van der Waals surface area contributed by atoms with E-state index in [0.717, 1.165) is 31.5 Å². The van der Waals surface area contributed by atoms with E-state index in [1.165, 1.54) is 25.0 Å². The van der Waals surface area contributed by atoms with E-state index < -0.39 is 10.0 Å². The van der Waals surface area contributed by atoms with Crippen molar-refractivity contribution in [3.8, 4) is 0 Å².